The van der Waals surface area contributed by atoms with E-state index < -0.39 is 10.9 Å². The minimum absolute atomic E-state index is 0. The van der Waals surface area contributed by atoms with Crippen molar-refractivity contribution in [3.8, 4) is 0 Å². The van der Waals surface area contributed by atoms with Crippen LogP contribution >= 0.6 is 35.7 Å². The zero-order valence-electron chi connectivity index (χ0n) is 9.19. The van der Waals surface area contributed by atoms with E-state index in [1.54, 1.807) is 6.26 Å². The first-order valence-corrected chi connectivity index (χ1v) is 5.57. The van der Waals surface area contributed by atoms with Crippen LogP contribution in [0.15, 0.2) is 23.2 Å². The second-order valence-electron chi connectivity index (χ2n) is 2.95. The summed E-state index contributed by atoms with van der Waals surface area (Å²) in [5, 5.41) is 19.6. The minimum atomic E-state index is -1.26. The Morgan fingerprint density at radius 3 is 2.56 bits per heavy atom. The number of thioether (sulfide) groups is 1. The number of non-ortho nitro benzene ring substituents is 1. The maximum Gasteiger partial charge on any atom is 0.336 e. The predicted molar refractivity (Wildman–Crippen MR) is 80.3 cm³/mol. The van der Waals surface area contributed by atoms with Crippen molar-refractivity contribution in [1.82, 2.24) is 0 Å². The van der Waals surface area contributed by atoms with E-state index in [9.17, 15) is 14.9 Å². The van der Waals surface area contributed by atoms with Crippen LogP contribution in [0.1, 0.15) is 10.4 Å². The predicted octanol–water partition coefficient (Wildman–Crippen LogP) is 2.22. The van der Waals surface area contributed by atoms with Gasteiger partial charge < -0.3 is 10.8 Å². The number of rotatable bonds is 3. The summed E-state index contributed by atoms with van der Waals surface area (Å²) in [5.41, 5.74) is 5.06. The van der Waals surface area contributed by atoms with Crippen LogP contribution in [-0.4, -0.2) is 27.4 Å². The number of nitro benzene ring substituents is 1. The monoisotopic (exact) mass is 383 g/mol. The Bertz CT molecular complexity index is 474. The van der Waals surface area contributed by atoms with E-state index in [0.717, 1.165) is 23.9 Å². The molecule has 18 heavy (non-hydrogen) atoms. The number of nitrogens with zero attached hydrogens (tertiary/aromatic N) is 2. The fourth-order valence-corrected chi connectivity index (χ4v) is 1.26. The topological polar surface area (TPSA) is 119 Å². The second-order valence-corrected chi connectivity index (χ2v) is 3.78. The fraction of sp³-hybridized carbons (Fsp3) is 0.111. The molecule has 0 aliphatic carbocycles. The fourth-order valence-electron chi connectivity index (χ4n) is 1.06. The Morgan fingerprint density at radius 2 is 2.11 bits per heavy atom. The first-order valence-electron chi connectivity index (χ1n) is 4.35. The number of amidine groups is 1. The summed E-state index contributed by atoms with van der Waals surface area (Å²) in [6.07, 6.45) is 1.69. The van der Waals surface area contributed by atoms with Gasteiger partial charge >= 0.3 is 5.97 Å². The van der Waals surface area contributed by atoms with Crippen molar-refractivity contribution in [3.05, 3.63) is 33.9 Å². The zero-order chi connectivity index (χ0) is 13.0. The summed E-state index contributed by atoms with van der Waals surface area (Å²) in [7, 11) is 0. The molecule has 1 aromatic carbocycles. The van der Waals surface area contributed by atoms with Crippen molar-refractivity contribution >= 4 is 58.3 Å². The molecule has 0 saturated carbocycles. The van der Waals surface area contributed by atoms with Gasteiger partial charge in [-0.25, -0.2) is 9.79 Å². The molecule has 0 amide bonds. The zero-order valence-corrected chi connectivity index (χ0v) is 12.3. The third-order valence-corrected chi connectivity index (χ3v) is 2.32. The molecule has 0 unspecified atom stereocenters. The molecular weight excluding hydrogens is 373 g/mol. The molecule has 0 heterocycles. The molecule has 3 N–H and O–H groups in total. The molecule has 0 atom stereocenters. The van der Waals surface area contributed by atoms with Crippen molar-refractivity contribution < 1.29 is 14.8 Å². The first-order chi connectivity index (χ1) is 7.93. The van der Waals surface area contributed by atoms with E-state index in [0.29, 0.717) is 0 Å². The number of hydrogen-bond acceptors (Lipinski definition) is 5. The lowest BCUT2D eigenvalue weighted by Crippen LogP contribution is -2.04. The highest BCUT2D eigenvalue weighted by atomic mass is 127. The van der Waals surface area contributed by atoms with Gasteiger partial charge in [-0.3, -0.25) is 10.1 Å². The van der Waals surface area contributed by atoms with Crippen LogP contribution in [0.4, 0.5) is 11.4 Å². The molecule has 0 fully saturated rings. The molecule has 0 aliphatic heterocycles. The average Bonchev–Trinajstić information content (AvgIpc) is 2.28. The van der Waals surface area contributed by atoms with Gasteiger partial charge in [-0.2, -0.15) is 0 Å². The lowest BCUT2D eigenvalue weighted by molar-refractivity contribution is -0.384. The van der Waals surface area contributed by atoms with E-state index in [2.05, 4.69) is 4.99 Å². The number of nitrogens with two attached hydrogens (primary N) is 1. The van der Waals surface area contributed by atoms with Crippen molar-refractivity contribution in [2.75, 3.05) is 6.26 Å². The SMILES string of the molecule is CSC(N)=Nc1cc(C(=O)O)cc([N+](=O)[O-])c1.I. The number of halogens is 1. The van der Waals surface area contributed by atoms with Crippen molar-refractivity contribution in [1.29, 1.82) is 0 Å². The van der Waals surface area contributed by atoms with Crippen LogP contribution in [0.5, 0.6) is 0 Å². The maximum atomic E-state index is 10.8. The van der Waals surface area contributed by atoms with Gasteiger partial charge in [-0.15, -0.1) is 24.0 Å². The normalized spacial score (nSPS) is 10.6. The van der Waals surface area contributed by atoms with Crippen molar-refractivity contribution in [2.45, 2.75) is 0 Å². The summed E-state index contributed by atoms with van der Waals surface area (Å²) in [6, 6.07) is 3.35. The number of aliphatic imine (C=N–C) groups is 1. The number of nitro groups is 1. The number of carbonyl (C=O) groups is 1. The molecule has 0 spiro atoms. The van der Waals surface area contributed by atoms with Gasteiger partial charge in [0.15, 0.2) is 5.17 Å². The van der Waals surface area contributed by atoms with Gasteiger partial charge in [0.2, 0.25) is 0 Å². The third kappa shape index (κ3) is 4.49. The lowest BCUT2D eigenvalue weighted by Gasteiger charge is -2.00. The van der Waals surface area contributed by atoms with Crippen molar-refractivity contribution in [2.24, 2.45) is 10.7 Å². The molecular formula is C9H10IN3O4S. The van der Waals surface area contributed by atoms with E-state index in [1.165, 1.54) is 6.07 Å². The van der Waals surface area contributed by atoms with Gasteiger partial charge in [-0.05, 0) is 12.3 Å². The number of carboxylic acids is 1. The quantitative estimate of drug-likeness (QED) is 0.272. The molecule has 0 aromatic heterocycles. The third-order valence-electron chi connectivity index (χ3n) is 1.81. The van der Waals surface area contributed by atoms with Gasteiger partial charge in [0, 0.05) is 12.1 Å². The largest absolute Gasteiger partial charge is 0.478 e. The van der Waals surface area contributed by atoms with Crippen molar-refractivity contribution in [3.63, 3.8) is 0 Å². The highest BCUT2D eigenvalue weighted by Gasteiger charge is 2.13. The van der Waals surface area contributed by atoms with Gasteiger partial charge in [0.1, 0.15) is 0 Å². The van der Waals surface area contributed by atoms with E-state index in [1.807, 2.05) is 0 Å². The van der Waals surface area contributed by atoms with Crippen LogP contribution in [-0.2, 0) is 0 Å². The highest BCUT2D eigenvalue weighted by molar-refractivity contribution is 14.0. The maximum absolute atomic E-state index is 10.8. The molecule has 0 saturated heterocycles. The molecule has 7 nitrogen and oxygen atoms in total. The molecule has 9 heteroatoms. The van der Waals surface area contributed by atoms with Gasteiger partial charge in [-0.1, -0.05) is 11.8 Å². The molecule has 0 radical (unpaired) electrons. The van der Waals surface area contributed by atoms with Crippen LogP contribution in [0.2, 0.25) is 0 Å². The summed E-state index contributed by atoms with van der Waals surface area (Å²) < 4.78 is 0. The first kappa shape index (κ1) is 16.6. The molecule has 1 aromatic rings. The Balaban J connectivity index is 0.00000289. The van der Waals surface area contributed by atoms with Crippen LogP contribution in [0.3, 0.4) is 0 Å². The molecule has 98 valence electrons. The average molecular weight is 383 g/mol. The number of benzene rings is 1. The Hall–Kier alpha value is -1.36. The number of aromatic carboxylic acids is 1. The van der Waals surface area contributed by atoms with Gasteiger partial charge in [0.05, 0.1) is 16.2 Å². The van der Waals surface area contributed by atoms with E-state index >= 15 is 0 Å². The minimum Gasteiger partial charge on any atom is -0.478 e. The highest BCUT2D eigenvalue weighted by Crippen LogP contribution is 2.23. The van der Waals surface area contributed by atoms with Gasteiger partial charge in [0.25, 0.3) is 5.69 Å². The smallest absolute Gasteiger partial charge is 0.336 e. The number of carboxylic acid groups (broad SMARTS) is 1. The summed E-state index contributed by atoms with van der Waals surface area (Å²) >= 11 is 1.16. The Labute approximate surface area is 124 Å². The van der Waals surface area contributed by atoms with Crippen LogP contribution < -0.4 is 5.73 Å². The summed E-state index contributed by atoms with van der Waals surface area (Å²) in [6.45, 7) is 0. The number of hydrogen-bond donors (Lipinski definition) is 2. The Kier molecular flexibility index (Phi) is 6.62. The molecule has 0 bridgehead atoms. The van der Waals surface area contributed by atoms with Crippen LogP contribution in [0, 0.1) is 10.1 Å². The molecule has 0 aliphatic rings. The standard InChI is InChI=1S/C9H9N3O4S.HI/c1-17-9(10)11-6-2-5(8(13)14)3-7(4-6)12(15)16;/h2-4H,1H3,(H2,10,11)(H,13,14);1H. The summed E-state index contributed by atoms with van der Waals surface area (Å²) in [4.78, 5) is 24.6. The van der Waals surface area contributed by atoms with Crippen LogP contribution in [0.25, 0.3) is 0 Å². The summed E-state index contributed by atoms with van der Waals surface area (Å²) in [5.74, 6) is -1.26. The Morgan fingerprint density at radius 1 is 1.50 bits per heavy atom. The second kappa shape index (κ2) is 7.16. The van der Waals surface area contributed by atoms with E-state index in [-0.39, 0.29) is 46.1 Å². The molecule has 1 rings (SSSR count). The lowest BCUT2D eigenvalue weighted by atomic mass is 10.2. The van der Waals surface area contributed by atoms with E-state index in [4.69, 9.17) is 10.8 Å².